The minimum absolute atomic E-state index is 0.0122. The van der Waals surface area contributed by atoms with E-state index < -0.39 is 16.1 Å². The first kappa shape index (κ1) is 17.0. The van der Waals surface area contributed by atoms with Crippen molar-refractivity contribution in [2.45, 2.75) is 12.5 Å². The van der Waals surface area contributed by atoms with E-state index in [0.29, 0.717) is 6.42 Å². The monoisotopic (exact) mass is 341 g/mol. The predicted molar refractivity (Wildman–Crippen MR) is 87.8 cm³/mol. The zero-order chi connectivity index (χ0) is 16.0. The van der Waals surface area contributed by atoms with Gasteiger partial charge in [-0.1, -0.05) is 12.1 Å². The lowest BCUT2D eigenvalue weighted by atomic mass is 10.2. The number of hydrogen-bond donors (Lipinski definition) is 2. The summed E-state index contributed by atoms with van der Waals surface area (Å²) in [4.78, 5) is 0. The standard InChI is InChI=1S/C15H19NO4S2/c1-20-14-4-2-12(3-5-14)7-9-22(18,19)16-10-15(17)13-6-8-21-11-13/h2-6,8,11,15-17H,7,9-10H2,1H3. The number of nitrogens with one attached hydrogen (secondary N) is 1. The van der Waals surface area contributed by atoms with E-state index in [-0.39, 0.29) is 12.3 Å². The van der Waals surface area contributed by atoms with Crippen molar-refractivity contribution in [2.24, 2.45) is 0 Å². The Bertz CT molecular complexity index is 666. The van der Waals surface area contributed by atoms with Gasteiger partial charge in [0.25, 0.3) is 0 Å². The molecule has 1 heterocycles. The first-order chi connectivity index (χ1) is 10.5. The topological polar surface area (TPSA) is 75.6 Å². The summed E-state index contributed by atoms with van der Waals surface area (Å²) >= 11 is 1.46. The molecule has 2 rings (SSSR count). The third-order valence-corrected chi connectivity index (χ3v) is 5.29. The fourth-order valence-electron chi connectivity index (χ4n) is 1.90. The molecule has 0 spiro atoms. The summed E-state index contributed by atoms with van der Waals surface area (Å²) in [6.07, 6.45) is -0.407. The highest BCUT2D eigenvalue weighted by Gasteiger charge is 2.14. The molecule has 0 saturated carbocycles. The van der Waals surface area contributed by atoms with E-state index in [0.717, 1.165) is 16.9 Å². The third-order valence-electron chi connectivity index (χ3n) is 3.24. The van der Waals surface area contributed by atoms with Crippen molar-refractivity contribution in [3.05, 3.63) is 52.2 Å². The maximum absolute atomic E-state index is 12.0. The molecule has 0 aliphatic heterocycles. The molecular weight excluding hydrogens is 322 g/mol. The maximum Gasteiger partial charge on any atom is 0.212 e. The normalized spacial score (nSPS) is 13.0. The van der Waals surface area contributed by atoms with Gasteiger partial charge in [0, 0.05) is 6.54 Å². The SMILES string of the molecule is COc1ccc(CCS(=O)(=O)NCC(O)c2ccsc2)cc1. The molecule has 0 amide bonds. The minimum Gasteiger partial charge on any atom is -0.497 e. The van der Waals surface area contributed by atoms with E-state index in [2.05, 4.69) is 4.72 Å². The van der Waals surface area contributed by atoms with Crippen molar-refractivity contribution >= 4 is 21.4 Å². The highest BCUT2D eigenvalue weighted by atomic mass is 32.2. The number of rotatable bonds is 8. The van der Waals surface area contributed by atoms with E-state index in [4.69, 9.17) is 4.74 Å². The van der Waals surface area contributed by atoms with Crippen molar-refractivity contribution in [3.63, 3.8) is 0 Å². The summed E-state index contributed by atoms with van der Waals surface area (Å²) in [7, 11) is -1.83. The lowest BCUT2D eigenvalue weighted by molar-refractivity contribution is 0.182. The van der Waals surface area contributed by atoms with Crippen molar-refractivity contribution in [2.75, 3.05) is 19.4 Å². The molecule has 1 unspecified atom stereocenters. The van der Waals surface area contributed by atoms with Crippen molar-refractivity contribution < 1.29 is 18.3 Å². The number of thiophene rings is 1. The van der Waals surface area contributed by atoms with Crippen LogP contribution in [0.1, 0.15) is 17.2 Å². The number of aliphatic hydroxyl groups is 1. The number of ether oxygens (including phenoxy) is 1. The van der Waals surface area contributed by atoms with Crippen molar-refractivity contribution in [3.8, 4) is 5.75 Å². The molecule has 22 heavy (non-hydrogen) atoms. The number of aliphatic hydroxyl groups excluding tert-OH is 1. The van der Waals surface area contributed by atoms with Gasteiger partial charge in [0.1, 0.15) is 5.75 Å². The first-order valence-corrected chi connectivity index (χ1v) is 9.40. The number of aryl methyl sites for hydroxylation is 1. The molecule has 5 nitrogen and oxygen atoms in total. The maximum atomic E-state index is 12.0. The van der Waals surface area contributed by atoms with Crippen LogP contribution in [-0.2, 0) is 16.4 Å². The van der Waals surface area contributed by atoms with Crippen LogP contribution in [0.2, 0.25) is 0 Å². The molecular formula is C15H19NO4S2. The van der Waals surface area contributed by atoms with Crippen LogP contribution in [0.25, 0.3) is 0 Å². The van der Waals surface area contributed by atoms with Gasteiger partial charge in [-0.3, -0.25) is 0 Å². The average molecular weight is 341 g/mol. The van der Waals surface area contributed by atoms with Crippen LogP contribution in [-0.4, -0.2) is 32.9 Å². The average Bonchev–Trinajstić information content (AvgIpc) is 3.06. The summed E-state index contributed by atoms with van der Waals surface area (Å²) in [5, 5.41) is 13.5. The van der Waals surface area contributed by atoms with Crippen LogP contribution in [0.4, 0.5) is 0 Å². The highest BCUT2D eigenvalue weighted by Crippen LogP contribution is 2.15. The minimum atomic E-state index is -3.42. The van der Waals surface area contributed by atoms with Crippen LogP contribution in [0, 0.1) is 0 Å². The number of benzene rings is 1. The lowest BCUT2D eigenvalue weighted by Crippen LogP contribution is -2.31. The fraction of sp³-hybridized carbons (Fsp3) is 0.333. The predicted octanol–water partition coefficient (Wildman–Crippen LogP) is 1.95. The Morgan fingerprint density at radius 3 is 2.59 bits per heavy atom. The van der Waals surface area contributed by atoms with Gasteiger partial charge in [0.2, 0.25) is 10.0 Å². The molecule has 1 atom stereocenters. The number of hydrogen-bond acceptors (Lipinski definition) is 5. The molecule has 1 aromatic carbocycles. The second-order valence-corrected chi connectivity index (χ2v) is 7.54. The summed E-state index contributed by atoms with van der Waals surface area (Å²) in [6.45, 7) is -0.0122. The number of methoxy groups -OCH3 is 1. The van der Waals surface area contributed by atoms with Gasteiger partial charge >= 0.3 is 0 Å². The summed E-state index contributed by atoms with van der Waals surface area (Å²) in [5.74, 6) is 0.721. The first-order valence-electron chi connectivity index (χ1n) is 6.80. The molecule has 0 radical (unpaired) electrons. The van der Waals surface area contributed by atoms with Gasteiger partial charge in [0.05, 0.1) is 19.0 Å². The summed E-state index contributed by atoms with van der Waals surface area (Å²) in [6, 6.07) is 9.06. The highest BCUT2D eigenvalue weighted by molar-refractivity contribution is 7.89. The van der Waals surface area contributed by atoms with Gasteiger partial charge < -0.3 is 9.84 Å². The third kappa shape index (κ3) is 5.10. The molecule has 2 aromatic rings. The number of sulfonamides is 1. The quantitative estimate of drug-likeness (QED) is 0.769. The van der Waals surface area contributed by atoms with Crippen LogP contribution in [0.15, 0.2) is 41.1 Å². The summed E-state index contributed by atoms with van der Waals surface area (Å²) in [5.41, 5.74) is 1.65. The van der Waals surface area contributed by atoms with Crippen molar-refractivity contribution in [1.82, 2.24) is 4.72 Å². The molecule has 0 bridgehead atoms. The second-order valence-electron chi connectivity index (χ2n) is 4.84. The lowest BCUT2D eigenvalue weighted by Gasteiger charge is -2.11. The van der Waals surface area contributed by atoms with Gasteiger partial charge in [-0.05, 0) is 46.5 Å². The molecule has 2 N–H and O–H groups in total. The Balaban J connectivity index is 1.82. The van der Waals surface area contributed by atoms with Crippen LogP contribution >= 0.6 is 11.3 Å². The molecule has 1 aromatic heterocycles. The van der Waals surface area contributed by atoms with Crippen LogP contribution in [0.5, 0.6) is 5.75 Å². The smallest absolute Gasteiger partial charge is 0.212 e. The zero-order valence-electron chi connectivity index (χ0n) is 12.2. The molecule has 0 saturated heterocycles. The Kier molecular flexibility index (Phi) is 5.96. The molecule has 7 heteroatoms. The van der Waals surface area contributed by atoms with E-state index in [1.807, 2.05) is 17.5 Å². The molecule has 0 fully saturated rings. The van der Waals surface area contributed by atoms with Crippen LogP contribution < -0.4 is 9.46 Å². The van der Waals surface area contributed by atoms with Crippen LogP contribution in [0.3, 0.4) is 0 Å². The molecule has 0 aliphatic carbocycles. The Labute approximate surface area is 134 Å². The van der Waals surface area contributed by atoms with E-state index >= 15 is 0 Å². The largest absolute Gasteiger partial charge is 0.497 e. The fourth-order valence-corrected chi connectivity index (χ4v) is 3.67. The van der Waals surface area contributed by atoms with Crippen molar-refractivity contribution in [1.29, 1.82) is 0 Å². The second kappa shape index (κ2) is 7.73. The Morgan fingerprint density at radius 1 is 1.27 bits per heavy atom. The summed E-state index contributed by atoms with van der Waals surface area (Å²) < 4.78 is 31.4. The van der Waals surface area contributed by atoms with Gasteiger partial charge in [0.15, 0.2) is 0 Å². The van der Waals surface area contributed by atoms with Gasteiger partial charge in [-0.25, -0.2) is 13.1 Å². The zero-order valence-corrected chi connectivity index (χ0v) is 13.9. The Morgan fingerprint density at radius 2 is 2.00 bits per heavy atom. The van der Waals surface area contributed by atoms with E-state index in [1.165, 1.54) is 11.3 Å². The van der Waals surface area contributed by atoms with E-state index in [9.17, 15) is 13.5 Å². The van der Waals surface area contributed by atoms with Gasteiger partial charge in [-0.15, -0.1) is 0 Å². The van der Waals surface area contributed by atoms with Gasteiger partial charge in [-0.2, -0.15) is 11.3 Å². The molecule has 0 aliphatic rings. The molecule has 120 valence electrons. The van der Waals surface area contributed by atoms with E-state index in [1.54, 1.807) is 30.7 Å². The Hall–Kier alpha value is -1.41.